The van der Waals surface area contributed by atoms with E-state index in [2.05, 4.69) is 4.90 Å². The summed E-state index contributed by atoms with van der Waals surface area (Å²) in [5.74, 6) is 2.06. The van der Waals surface area contributed by atoms with Gasteiger partial charge in [0.05, 0.1) is 11.4 Å². The number of piperazine rings is 1. The summed E-state index contributed by atoms with van der Waals surface area (Å²) in [5, 5.41) is 1.93. The van der Waals surface area contributed by atoms with Crippen molar-refractivity contribution in [1.29, 1.82) is 0 Å². The van der Waals surface area contributed by atoms with Crippen LogP contribution in [-0.4, -0.2) is 72.3 Å². The third kappa shape index (κ3) is 3.96. The number of thiophene rings is 1. The lowest BCUT2D eigenvalue weighted by Gasteiger charge is -2.42. The van der Waals surface area contributed by atoms with Crippen molar-refractivity contribution in [2.24, 2.45) is 11.8 Å². The Labute approximate surface area is 159 Å². The predicted octanol–water partition coefficient (Wildman–Crippen LogP) is 2.54. The molecule has 0 N–H and O–H groups in total. The second-order valence-corrected chi connectivity index (χ2v) is 8.93. The molecule has 6 heteroatoms. The van der Waals surface area contributed by atoms with E-state index in [0.29, 0.717) is 32.7 Å². The third-order valence-corrected chi connectivity index (χ3v) is 7.24. The largest absolute Gasteiger partial charge is 0.338 e. The standard InChI is InChI=1S/C20H29N3O2S/c24-19(15-21-8-7-16-4-1-2-5-17(16)14-21)22-9-11-23(12-10-22)20(25)18-6-3-13-26-18/h3,6,13,16-17H,1-2,4-5,7-12,14-15H2/t16-,17-/m1/s1. The van der Waals surface area contributed by atoms with Gasteiger partial charge in [0, 0.05) is 32.7 Å². The molecule has 142 valence electrons. The molecule has 2 atom stereocenters. The molecule has 1 aromatic heterocycles. The number of carbonyl (C=O) groups is 2. The van der Waals surface area contributed by atoms with Crippen LogP contribution in [0.5, 0.6) is 0 Å². The molecule has 3 fully saturated rings. The summed E-state index contributed by atoms with van der Waals surface area (Å²) in [6.07, 6.45) is 6.77. The zero-order chi connectivity index (χ0) is 17.9. The first-order valence-corrected chi connectivity index (χ1v) is 10.9. The van der Waals surface area contributed by atoms with Crippen molar-refractivity contribution < 1.29 is 9.59 Å². The molecular weight excluding hydrogens is 346 g/mol. The van der Waals surface area contributed by atoms with Crippen molar-refractivity contribution in [2.75, 3.05) is 45.8 Å². The number of amides is 2. The Bertz CT molecular complexity index is 625. The van der Waals surface area contributed by atoms with Crippen molar-refractivity contribution in [3.05, 3.63) is 22.4 Å². The maximum absolute atomic E-state index is 12.7. The van der Waals surface area contributed by atoms with Crippen LogP contribution in [0.2, 0.25) is 0 Å². The van der Waals surface area contributed by atoms with Gasteiger partial charge in [-0.3, -0.25) is 14.5 Å². The average molecular weight is 376 g/mol. The van der Waals surface area contributed by atoms with Gasteiger partial charge in [0.25, 0.3) is 5.91 Å². The summed E-state index contributed by atoms with van der Waals surface area (Å²) >= 11 is 1.49. The zero-order valence-electron chi connectivity index (χ0n) is 15.4. The lowest BCUT2D eigenvalue weighted by atomic mass is 9.75. The van der Waals surface area contributed by atoms with Crippen LogP contribution >= 0.6 is 11.3 Å². The summed E-state index contributed by atoms with van der Waals surface area (Å²) in [6, 6.07) is 3.78. The van der Waals surface area contributed by atoms with Crippen LogP contribution in [0, 0.1) is 11.8 Å². The van der Waals surface area contributed by atoms with Crippen molar-refractivity contribution in [2.45, 2.75) is 32.1 Å². The molecule has 0 unspecified atom stereocenters. The number of rotatable bonds is 3. The molecule has 0 radical (unpaired) electrons. The number of fused-ring (bicyclic) bond motifs is 1. The van der Waals surface area contributed by atoms with Gasteiger partial charge in [0.2, 0.25) is 5.91 Å². The van der Waals surface area contributed by atoms with Gasteiger partial charge in [0.15, 0.2) is 0 Å². The quantitative estimate of drug-likeness (QED) is 0.815. The van der Waals surface area contributed by atoms with Gasteiger partial charge >= 0.3 is 0 Å². The molecule has 26 heavy (non-hydrogen) atoms. The van der Waals surface area contributed by atoms with Crippen LogP contribution in [-0.2, 0) is 4.79 Å². The van der Waals surface area contributed by atoms with Crippen LogP contribution in [0.15, 0.2) is 17.5 Å². The first-order chi connectivity index (χ1) is 12.7. The second kappa shape index (κ2) is 8.09. The highest BCUT2D eigenvalue weighted by molar-refractivity contribution is 7.12. The SMILES string of the molecule is O=C(CN1CC[C@H]2CCCC[C@@H]2C1)N1CCN(C(=O)c2cccs2)CC1. The zero-order valence-corrected chi connectivity index (χ0v) is 16.3. The van der Waals surface area contributed by atoms with Crippen LogP contribution in [0.3, 0.4) is 0 Å². The number of nitrogens with zero attached hydrogens (tertiary/aromatic N) is 3. The van der Waals surface area contributed by atoms with Crippen LogP contribution in [0.25, 0.3) is 0 Å². The lowest BCUT2D eigenvalue weighted by molar-refractivity contribution is -0.134. The molecule has 2 aliphatic heterocycles. The van der Waals surface area contributed by atoms with E-state index in [9.17, 15) is 9.59 Å². The van der Waals surface area contributed by atoms with Crippen LogP contribution < -0.4 is 0 Å². The Balaban J connectivity index is 1.24. The summed E-state index contributed by atoms with van der Waals surface area (Å²) in [4.78, 5) is 32.1. The molecule has 0 aromatic carbocycles. The molecule has 0 bridgehead atoms. The topological polar surface area (TPSA) is 43.9 Å². The van der Waals surface area contributed by atoms with Gasteiger partial charge in [-0.15, -0.1) is 11.3 Å². The lowest BCUT2D eigenvalue weighted by Crippen LogP contribution is -2.53. The molecule has 2 saturated heterocycles. The Morgan fingerprint density at radius 3 is 2.42 bits per heavy atom. The third-order valence-electron chi connectivity index (χ3n) is 6.39. The summed E-state index contributed by atoms with van der Waals surface area (Å²) in [5.41, 5.74) is 0. The monoisotopic (exact) mass is 375 g/mol. The van der Waals surface area contributed by atoms with E-state index in [1.807, 2.05) is 27.3 Å². The van der Waals surface area contributed by atoms with E-state index in [1.54, 1.807) is 0 Å². The van der Waals surface area contributed by atoms with Gasteiger partial charge in [-0.25, -0.2) is 0 Å². The Kier molecular flexibility index (Phi) is 5.60. The van der Waals surface area contributed by atoms with Crippen molar-refractivity contribution >= 4 is 23.2 Å². The summed E-state index contributed by atoms with van der Waals surface area (Å²) < 4.78 is 0. The van der Waals surface area contributed by atoms with Crippen LogP contribution in [0.4, 0.5) is 0 Å². The van der Waals surface area contributed by atoms with E-state index in [-0.39, 0.29) is 11.8 Å². The Morgan fingerprint density at radius 1 is 0.962 bits per heavy atom. The fourth-order valence-corrected chi connectivity index (χ4v) is 5.52. The minimum Gasteiger partial charge on any atom is -0.338 e. The van der Waals surface area contributed by atoms with Gasteiger partial charge < -0.3 is 9.80 Å². The van der Waals surface area contributed by atoms with Crippen molar-refractivity contribution in [3.8, 4) is 0 Å². The maximum atomic E-state index is 12.7. The van der Waals surface area contributed by atoms with E-state index in [1.165, 1.54) is 43.4 Å². The van der Waals surface area contributed by atoms with Gasteiger partial charge in [-0.05, 0) is 42.7 Å². The average Bonchev–Trinajstić information content (AvgIpc) is 3.22. The van der Waals surface area contributed by atoms with E-state index in [4.69, 9.17) is 0 Å². The van der Waals surface area contributed by atoms with Crippen molar-refractivity contribution in [1.82, 2.24) is 14.7 Å². The first-order valence-electron chi connectivity index (χ1n) is 10.0. The highest BCUT2D eigenvalue weighted by Crippen LogP contribution is 2.35. The molecular formula is C20H29N3O2S. The minimum atomic E-state index is 0.103. The fraction of sp³-hybridized carbons (Fsp3) is 0.700. The molecule has 0 spiro atoms. The normalized spacial score (nSPS) is 27.2. The van der Waals surface area contributed by atoms with Crippen LogP contribution in [0.1, 0.15) is 41.8 Å². The van der Waals surface area contributed by atoms with Gasteiger partial charge in [0.1, 0.15) is 0 Å². The van der Waals surface area contributed by atoms with E-state index < -0.39 is 0 Å². The molecule has 1 aromatic rings. The molecule has 3 heterocycles. The van der Waals surface area contributed by atoms with Gasteiger partial charge in [-0.1, -0.05) is 25.3 Å². The van der Waals surface area contributed by atoms with E-state index in [0.717, 1.165) is 29.8 Å². The Hall–Kier alpha value is -1.40. The van der Waals surface area contributed by atoms with Crippen molar-refractivity contribution in [3.63, 3.8) is 0 Å². The molecule has 5 nitrogen and oxygen atoms in total. The minimum absolute atomic E-state index is 0.103. The van der Waals surface area contributed by atoms with E-state index >= 15 is 0 Å². The highest BCUT2D eigenvalue weighted by Gasteiger charge is 2.33. The first kappa shape index (κ1) is 18.0. The second-order valence-electron chi connectivity index (χ2n) is 7.98. The smallest absolute Gasteiger partial charge is 0.264 e. The number of piperidine rings is 1. The molecule has 1 saturated carbocycles. The molecule has 2 amide bonds. The molecule has 4 rings (SSSR count). The molecule has 3 aliphatic rings. The number of hydrogen-bond donors (Lipinski definition) is 0. The van der Waals surface area contributed by atoms with Gasteiger partial charge in [-0.2, -0.15) is 0 Å². The highest BCUT2D eigenvalue weighted by atomic mass is 32.1. The Morgan fingerprint density at radius 2 is 1.69 bits per heavy atom. The fourth-order valence-electron chi connectivity index (χ4n) is 4.83. The number of carbonyl (C=O) groups excluding carboxylic acids is 2. The summed E-state index contributed by atoms with van der Waals surface area (Å²) in [6.45, 7) is 5.35. The summed E-state index contributed by atoms with van der Waals surface area (Å²) in [7, 11) is 0. The molecule has 1 aliphatic carbocycles. The number of hydrogen-bond acceptors (Lipinski definition) is 4. The maximum Gasteiger partial charge on any atom is 0.264 e. The predicted molar refractivity (Wildman–Crippen MR) is 103 cm³/mol. The number of likely N-dealkylation sites (tertiary alicyclic amines) is 1.